The number of rotatable bonds is 5. The van der Waals surface area contributed by atoms with E-state index in [4.69, 9.17) is 20.9 Å². The SMILES string of the molecule is C.CC(Oc1nnc(-c2ccc(F)cc2)n1C)c1noc(-c2cccc(Cl)c2)n1. The first kappa shape index (κ1) is 20.5. The molecule has 0 bridgehead atoms. The smallest absolute Gasteiger partial charge is 0.317 e. The molecule has 2 heterocycles. The van der Waals surface area contributed by atoms with Crippen LogP contribution in [0.3, 0.4) is 0 Å². The molecule has 150 valence electrons. The van der Waals surface area contributed by atoms with Gasteiger partial charge in [-0.3, -0.25) is 4.57 Å². The average Bonchev–Trinajstić information content (AvgIpc) is 3.31. The van der Waals surface area contributed by atoms with Crippen LogP contribution >= 0.6 is 11.6 Å². The van der Waals surface area contributed by atoms with Crippen LogP contribution in [0.2, 0.25) is 5.02 Å². The first-order chi connectivity index (χ1) is 13.5. The standard InChI is InChI=1S/C19H15ClFN5O2.CH4/c1-11(16-22-18(28-25-16)13-4-3-5-14(20)10-13)27-19-24-23-17(26(19)2)12-6-8-15(21)9-7-12;/h3-11H,1-2H3;1H4. The summed E-state index contributed by atoms with van der Waals surface area (Å²) in [5.74, 6) is 0.942. The van der Waals surface area contributed by atoms with Gasteiger partial charge in [-0.1, -0.05) is 35.3 Å². The van der Waals surface area contributed by atoms with Crippen LogP contribution in [-0.2, 0) is 7.05 Å². The molecule has 29 heavy (non-hydrogen) atoms. The van der Waals surface area contributed by atoms with Crippen molar-refractivity contribution in [3.8, 4) is 28.9 Å². The molecule has 0 spiro atoms. The van der Waals surface area contributed by atoms with E-state index < -0.39 is 6.10 Å². The third-order valence-corrected chi connectivity index (χ3v) is 4.33. The molecule has 0 saturated carbocycles. The van der Waals surface area contributed by atoms with Gasteiger partial charge in [0.2, 0.25) is 5.82 Å². The number of hydrogen-bond acceptors (Lipinski definition) is 6. The summed E-state index contributed by atoms with van der Waals surface area (Å²) in [6.45, 7) is 1.78. The van der Waals surface area contributed by atoms with Crippen LogP contribution in [0.5, 0.6) is 6.01 Å². The molecule has 1 unspecified atom stereocenters. The van der Waals surface area contributed by atoms with Crippen molar-refractivity contribution in [3.05, 3.63) is 65.2 Å². The second-order valence-electron chi connectivity index (χ2n) is 6.10. The fraction of sp³-hybridized carbons (Fsp3) is 0.200. The highest BCUT2D eigenvalue weighted by atomic mass is 35.5. The van der Waals surface area contributed by atoms with E-state index >= 15 is 0 Å². The van der Waals surface area contributed by atoms with Gasteiger partial charge < -0.3 is 9.26 Å². The zero-order valence-electron chi connectivity index (χ0n) is 15.0. The molecule has 0 amide bonds. The van der Waals surface area contributed by atoms with Crippen LogP contribution in [-0.4, -0.2) is 24.9 Å². The lowest BCUT2D eigenvalue weighted by Crippen LogP contribution is -2.08. The Kier molecular flexibility index (Phi) is 5.93. The van der Waals surface area contributed by atoms with Crippen LogP contribution in [0.25, 0.3) is 22.8 Å². The van der Waals surface area contributed by atoms with Gasteiger partial charge in [0.15, 0.2) is 11.9 Å². The van der Waals surface area contributed by atoms with Gasteiger partial charge >= 0.3 is 6.01 Å². The van der Waals surface area contributed by atoms with E-state index in [9.17, 15) is 4.39 Å². The monoisotopic (exact) mass is 415 g/mol. The van der Waals surface area contributed by atoms with Crippen LogP contribution < -0.4 is 4.74 Å². The molecule has 7 nitrogen and oxygen atoms in total. The Morgan fingerprint density at radius 1 is 1.10 bits per heavy atom. The van der Waals surface area contributed by atoms with Gasteiger partial charge in [-0.05, 0) is 49.4 Å². The number of ether oxygens (including phenoxy) is 1. The van der Waals surface area contributed by atoms with Gasteiger partial charge in [-0.15, -0.1) is 5.10 Å². The fourth-order valence-corrected chi connectivity index (χ4v) is 2.81. The summed E-state index contributed by atoms with van der Waals surface area (Å²) >= 11 is 6.00. The zero-order chi connectivity index (χ0) is 19.7. The summed E-state index contributed by atoms with van der Waals surface area (Å²) in [7, 11) is 1.76. The van der Waals surface area contributed by atoms with Gasteiger partial charge in [0.05, 0.1) is 0 Å². The van der Waals surface area contributed by atoms with Crippen molar-refractivity contribution in [2.24, 2.45) is 7.05 Å². The van der Waals surface area contributed by atoms with Gasteiger partial charge in [-0.2, -0.15) is 4.98 Å². The summed E-state index contributed by atoms with van der Waals surface area (Å²) in [4.78, 5) is 4.36. The lowest BCUT2D eigenvalue weighted by molar-refractivity contribution is 0.186. The van der Waals surface area contributed by atoms with Crippen molar-refractivity contribution in [2.45, 2.75) is 20.5 Å². The lowest BCUT2D eigenvalue weighted by Gasteiger charge is -2.10. The van der Waals surface area contributed by atoms with Crippen LogP contribution in [0.4, 0.5) is 4.39 Å². The van der Waals surface area contributed by atoms with E-state index in [0.717, 1.165) is 11.1 Å². The summed E-state index contributed by atoms with van der Waals surface area (Å²) in [6, 6.07) is 13.4. The molecule has 0 fully saturated rings. The molecule has 2 aromatic heterocycles. The van der Waals surface area contributed by atoms with Gasteiger partial charge in [0, 0.05) is 23.2 Å². The van der Waals surface area contributed by atoms with E-state index in [1.54, 1.807) is 48.9 Å². The Morgan fingerprint density at radius 2 is 1.86 bits per heavy atom. The molecule has 0 saturated heterocycles. The molecular weight excluding hydrogens is 397 g/mol. The number of benzene rings is 2. The van der Waals surface area contributed by atoms with Crippen LogP contribution in [0, 0.1) is 5.82 Å². The number of hydrogen-bond donors (Lipinski definition) is 0. The van der Waals surface area contributed by atoms with Gasteiger partial charge in [-0.25, -0.2) is 4.39 Å². The second-order valence-corrected chi connectivity index (χ2v) is 6.54. The van der Waals surface area contributed by atoms with E-state index in [-0.39, 0.29) is 19.3 Å². The Labute approximate surface area is 172 Å². The van der Waals surface area contributed by atoms with Crippen molar-refractivity contribution in [1.29, 1.82) is 0 Å². The number of halogens is 2. The minimum absolute atomic E-state index is 0. The summed E-state index contributed by atoms with van der Waals surface area (Å²) in [5.41, 5.74) is 1.44. The number of aromatic nitrogens is 5. The summed E-state index contributed by atoms with van der Waals surface area (Å²) in [6.07, 6.45) is -0.527. The molecular formula is C20H19ClFN5O2. The molecule has 2 aromatic carbocycles. The Hall–Kier alpha value is -3.26. The number of nitrogens with zero attached hydrogens (tertiary/aromatic N) is 5. The van der Waals surface area contributed by atoms with Crippen molar-refractivity contribution >= 4 is 11.6 Å². The highest BCUT2D eigenvalue weighted by molar-refractivity contribution is 6.30. The summed E-state index contributed by atoms with van der Waals surface area (Å²) in [5, 5.41) is 12.7. The van der Waals surface area contributed by atoms with E-state index in [0.29, 0.717) is 22.6 Å². The highest BCUT2D eigenvalue weighted by Gasteiger charge is 2.20. The third-order valence-electron chi connectivity index (χ3n) is 4.10. The maximum absolute atomic E-state index is 13.1. The van der Waals surface area contributed by atoms with Crippen molar-refractivity contribution in [2.75, 3.05) is 0 Å². The molecule has 9 heteroatoms. The summed E-state index contributed by atoms with van der Waals surface area (Å²) < 4.78 is 25.9. The van der Waals surface area contributed by atoms with Crippen LogP contribution in [0.1, 0.15) is 26.3 Å². The maximum Gasteiger partial charge on any atom is 0.317 e. The Balaban J connectivity index is 0.00000240. The molecule has 0 aliphatic heterocycles. The molecule has 4 rings (SSSR count). The highest BCUT2D eigenvalue weighted by Crippen LogP contribution is 2.26. The van der Waals surface area contributed by atoms with Gasteiger partial charge in [0.1, 0.15) is 5.82 Å². The predicted octanol–water partition coefficient (Wildman–Crippen LogP) is 5.10. The van der Waals surface area contributed by atoms with E-state index in [2.05, 4.69) is 20.3 Å². The third kappa shape index (κ3) is 4.27. The zero-order valence-corrected chi connectivity index (χ0v) is 15.8. The largest absolute Gasteiger partial charge is 0.452 e. The minimum Gasteiger partial charge on any atom is -0.452 e. The topological polar surface area (TPSA) is 78.9 Å². The van der Waals surface area contributed by atoms with E-state index in [1.165, 1.54) is 12.1 Å². The fourth-order valence-electron chi connectivity index (χ4n) is 2.62. The molecule has 0 radical (unpaired) electrons. The molecule has 0 N–H and O–H groups in total. The molecule has 0 aliphatic carbocycles. The maximum atomic E-state index is 13.1. The van der Waals surface area contributed by atoms with Crippen molar-refractivity contribution in [1.82, 2.24) is 24.9 Å². The van der Waals surface area contributed by atoms with Gasteiger partial charge in [0.25, 0.3) is 5.89 Å². The Bertz CT molecular complexity index is 1110. The second kappa shape index (κ2) is 8.40. The lowest BCUT2D eigenvalue weighted by atomic mass is 10.2. The van der Waals surface area contributed by atoms with E-state index in [1.807, 2.05) is 6.07 Å². The normalized spacial score (nSPS) is 11.7. The Morgan fingerprint density at radius 3 is 2.59 bits per heavy atom. The first-order valence-electron chi connectivity index (χ1n) is 8.43. The predicted molar refractivity (Wildman–Crippen MR) is 107 cm³/mol. The average molecular weight is 416 g/mol. The van der Waals surface area contributed by atoms with Crippen molar-refractivity contribution < 1.29 is 13.7 Å². The molecule has 0 aliphatic rings. The molecule has 1 atom stereocenters. The molecule has 4 aromatic rings. The first-order valence-corrected chi connectivity index (χ1v) is 8.80. The van der Waals surface area contributed by atoms with Crippen LogP contribution in [0.15, 0.2) is 53.1 Å². The quantitative estimate of drug-likeness (QED) is 0.451. The van der Waals surface area contributed by atoms with Crippen molar-refractivity contribution in [3.63, 3.8) is 0 Å². The minimum atomic E-state index is -0.527.